The molecule has 0 spiro atoms. The molecule has 2 aliphatic carbocycles. The van der Waals surface area contributed by atoms with Crippen molar-refractivity contribution in [2.24, 2.45) is 0 Å². The number of hydrogen-bond donors (Lipinski definition) is 0. The monoisotopic (exact) mass is 425 g/mol. The lowest BCUT2D eigenvalue weighted by atomic mass is 9.94. The van der Waals surface area contributed by atoms with Crippen LogP contribution in [0, 0.1) is 0 Å². The van der Waals surface area contributed by atoms with E-state index in [0.717, 1.165) is 18.4 Å². The van der Waals surface area contributed by atoms with Gasteiger partial charge in [0.25, 0.3) is 0 Å². The molecule has 1 heterocycles. The molecule has 0 N–H and O–H groups in total. The van der Waals surface area contributed by atoms with E-state index in [4.69, 9.17) is 23.2 Å². The van der Waals surface area contributed by atoms with E-state index >= 15 is 0 Å². The lowest BCUT2D eigenvalue weighted by molar-refractivity contribution is -0.132. The summed E-state index contributed by atoms with van der Waals surface area (Å²) in [6.45, 7) is 0.660. The Labute approximate surface area is 169 Å². The van der Waals surface area contributed by atoms with E-state index in [2.05, 4.69) is 0 Å². The second-order valence-electron chi connectivity index (χ2n) is 7.57. The number of carbonyl (C=O) groups is 1. The van der Waals surface area contributed by atoms with Crippen LogP contribution in [0.5, 0.6) is 0 Å². The Hall–Kier alpha value is -1.30. The predicted octanol–water partition coefficient (Wildman–Crippen LogP) is 3.84. The maximum atomic E-state index is 13.2. The van der Waals surface area contributed by atoms with Gasteiger partial charge in [-0.15, -0.1) is 0 Å². The summed E-state index contributed by atoms with van der Waals surface area (Å²) >= 11 is 12.4. The number of halogens is 2. The first-order chi connectivity index (χ1) is 12.8. The van der Waals surface area contributed by atoms with Gasteiger partial charge in [0, 0.05) is 24.5 Å². The van der Waals surface area contributed by atoms with E-state index < -0.39 is 24.7 Å². The zero-order valence-electron chi connectivity index (χ0n) is 14.8. The minimum atomic E-state index is -3.61. The molecule has 0 bridgehead atoms. The highest BCUT2D eigenvalue weighted by atomic mass is 35.5. The first kappa shape index (κ1) is 19.0. The Bertz CT molecular complexity index is 919. The van der Waals surface area contributed by atoms with Gasteiger partial charge in [-0.3, -0.25) is 4.79 Å². The Balaban J connectivity index is 1.51. The fourth-order valence-corrected chi connectivity index (χ4v) is 6.66. The first-order valence-corrected chi connectivity index (χ1v) is 11.4. The van der Waals surface area contributed by atoms with Crippen LogP contribution < -0.4 is 0 Å². The fraction of sp³-hybridized carbons (Fsp3) is 0.450. The zero-order valence-corrected chi connectivity index (χ0v) is 17.1. The predicted molar refractivity (Wildman–Crippen MR) is 108 cm³/mol. The van der Waals surface area contributed by atoms with Crippen molar-refractivity contribution in [2.75, 3.05) is 13.1 Å². The van der Waals surface area contributed by atoms with Crippen LogP contribution in [0.4, 0.5) is 0 Å². The van der Waals surface area contributed by atoms with Crippen LogP contribution in [0.3, 0.4) is 0 Å². The third kappa shape index (κ3) is 3.14. The molecule has 144 valence electrons. The van der Waals surface area contributed by atoms with E-state index in [0.29, 0.717) is 18.0 Å². The molecule has 0 aromatic heterocycles. The van der Waals surface area contributed by atoms with Crippen molar-refractivity contribution < 1.29 is 13.2 Å². The summed E-state index contributed by atoms with van der Waals surface area (Å²) in [5.41, 5.74) is 0.437. The van der Waals surface area contributed by atoms with Crippen LogP contribution in [0.15, 0.2) is 48.6 Å². The minimum Gasteiger partial charge on any atom is -0.341 e. The summed E-state index contributed by atoms with van der Waals surface area (Å²) in [5, 5.41) is 0.00689. The van der Waals surface area contributed by atoms with Gasteiger partial charge in [-0.2, -0.15) is 0 Å². The average molecular weight is 426 g/mol. The third-order valence-electron chi connectivity index (χ3n) is 5.89. The molecule has 2 atom stereocenters. The summed E-state index contributed by atoms with van der Waals surface area (Å²) in [4.78, 5) is 14.9. The molecule has 1 saturated carbocycles. The quantitative estimate of drug-likeness (QED) is 0.688. The van der Waals surface area contributed by atoms with Crippen LogP contribution in [0.25, 0.3) is 0 Å². The first-order valence-electron chi connectivity index (χ1n) is 9.11. The lowest BCUT2D eigenvalue weighted by Crippen LogP contribution is -2.43. The Kier molecular flexibility index (Phi) is 4.68. The molecule has 0 unspecified atom stereocenters. The number of carbonyl (C=O) groups excluding carboxylic acids is 1. The van der Waals surface area contributed by atoms with E-state index in [1.165, 1.54) is 0 Å². The topological polar surface area (TPSA) is 54.5 Å². The smallest absolute Gasteiger partial charge is 0.233 e. The number of sulfone groups is 1. The number of nitrogens with zero attached hydrogens (tertiary/aromatic N) is 1. The summed E-state index contributed by atoms with van der Waals surface area (Å²) in [7, 11) is -3.61. The molecule has 1 aromatic rings. The number of rotatable bonds is 4. The van der Waals surface area contributed by atoms with E-state index in [1.54, 1.807) is 41.3 Å². The SMILES string of the molecule is O=C(N1CC[C@@H](S(=O)(=O)[C@@]2(Cl)C=CC=CC2)C1)C1(c2ccc(Cl)cc2)CC1. The zero-order chi connectivity index (χ0) is 19.3. The van der Waals surface area contributed by atoms with Crippen LogP contribution >= 0.6 is 23.2 Å². The Morgan fingerprint density at radius 1 is 1.15 bits per heavy atom. The molecule has 0 radical (unpaired) electrons. The van der Waals surface area contributed by atoms with Crippen molar-refractivity contribution in [1.29, 1.82) is 0 Å². The van der Waals surface area contributed by atoms with Crippen molar-refractivity contribution in [3.63, 3.8) is 0 Å². The summed E-state index contributed by atoms with van der Waals surface area (Å²) < 4.78 is 24.8. The number of benzene rings is 1. The van der Waals surface area contributed by atoms with E-state index in [-0.39, 0.29) is 18.9 Å². The summed E-state index contributed by atoms with van der Waals surface area (Å²) in [6, 6.07) is 7.37. The Morgan fingerprint density at radius 3 is 2.44 bits per heavy atom. The molecule has 3 aliphatic rings. The number of amides is 1. The van der Waals surface area contributed by atoms with Crippen LogP contribution in [-0.2, 0) is 20.0 Å². The van der Waals surface area contributed by atoms with Crippen molar-refractivity contribution in [2.45, 2.75) is 40.6 Å². The maximum absolute atomic E-state index is 13.2. The van der Waals surface area contributed by atoms with Gasteiger partial charge >= 0.3 is 0 Å². The number of alkyl halides is 1. The van der Waals surface area contributed by atoms with Crippen LogP contribution in [0.1, 0.15) is 31.2 Å². The van der Waals surface area contributed by atoms with Gasteiger partial charge in [0.1, 0.15) is 0 Å². The fourth-order valence-electron chi connectivity index (χ4n) is 4.05. The molecule has 4 nitrogen and oxygen atoms in total. The molecular formula is C20H21Cl2NO3S. The molecule has 4 rings (SSSR count). The molecule has 2 fully saturated rings. The lowest BCUT2D eigenvalue weighted by Gasteiger charge is -2.28. The standard InChI is InChI=1S/C20H21Cl2NO3S/c21-16-6-4-15(5-7-16)19(11-12-19)18(24)23-13-8-17(14-23)27(25,26)20(22)9-2-1-3-10-20/h1-7,9,17H,8,10-14H2/t17-,20+/m1/s1. The van der Waals surface area contributed by atoms with Gasteiger partial charge in [-0.1, -0.05) is 53.6 Å². The molecule has 7 heteroatoms. The van der Waals surface area contributed by atoms with Crippen LogP contribution in [-0.4, -0.2) is 41.8 Å². The third-order valence-corrected chi connectivity index (χ3v) is 9.58. The number of likely N-dealkylation sites (tertiary alicyclic amines) is 1. The Morgan fingerprint density at radius 2 is 1.85 bits per heavy atom. The minimum absolute atomic E-state index is 0.0187. The second kappa shape index (κ2) is 6.64. The van der Waals surface area contributed by atoms with Gasteiger partial charge in [-0.05, 0) is 43.0 Å². The van der Waals surface area contributed by atoms with E-state index in [1.807, 2.05) is 12.1 Å². The van der Waals surface area contributed by atoms with Gasteiger partial charge in [-0.25, -0.2) is 8.42 Å². The van der Waals surface area contributed by atoms with Crippen LogP contribution in [0.2, 0.25) is 5.02 Å². The van der Waals surface area contributed by atoms with Gasteiger partial charge in [0.05, 0.1) is 10.7 Å². The van der Waals surface area contributed by atoms with Gasteiger partial charge in [0.2, 0.25) is 5.91 Å². The van der Waals surface area contributed by atoms with Gasteiger partial charge in [0.15, 0.2) is 14.0 Å². The number of allylic oxidation sites excluding steroid dienone is 3. The molecular weight excluding hydrogens is 405 g/mol. The van der Waals surface area contributed by atoms with Crippen molar-refractivity contribution in [3.8, 4) is 0 Å². The molecule has 1 aliphatic heterocycles. The normalized spacial score (nSPS) is 29.1. The largest absolute Gasteiger partial charge is 0.341 e. The van der Waals surface area contributed by atoms with Gasteiger partial charge < -0.3 is 4.90 Å². The second-order valence-corrected chi connectivity index (χ2v) is 11.4. The van der Waals surface area contributed by atoms with Crippen molar-refractivity contribution >= 4 is 38.9 Å². The highest BCUT2D eigenvalue weighted by molar-refractivity contribution is 7.95. The maximum Gasteiger partial charge on any atom is 0.233 e. The van der Waals surface area contributed by atoms with Crippen molar-refractivity contribution in [1.82, 2.24) is 4.90 Å². The molecule has 1 amide bonds. The molecule has 1 saturated heterocycles. The van der Waals surface area contributed by atoms with E-state index in [9.17, 15) is 13.2 Å². The highest BCUT2D eigenvalue weighted by Gasteiger charge is 2.55. The number of hydrogen-bond acceptors (Lipinski definition) is 3. The molecule has 1 aromatic carbocycles. The molecule has 27 heavy (non-hydrogen) atoms. The summed E-state index contributed by atoms with van der Waals surface area (Å²) in [5.74, 6) is 0.0187. The van der Waals surface area contributed by atoms with Crippen molar-refractivity contribution in [3.05, 3.63) is 59.2 Å². The summed E-state index contributed by atoms with van der Waals surface area (Å²) in [6.07, 6.45) is 9.04. The average Bonchev–Trinajstić information content (AvgIpc) is 3.30. The highest BCUT2D eigenvalue weighted by Crippen LogP contribution is 2.50.